The minimum absolute atomic E-state index is 0.167. The molecule has 0 aliphatic carbocycles. The van der Waals surface area contributed by atoms with E-state index in [1.807, 2.05) is 61.5 Å². The Labute approximate surface area is 157 Å². The van der Waals surface area contributed by atoms with Crippen LogP contribution < -0.4 is 10.6 Å². The summed E-state index contributed by atoms with van der Waals surface area (Å²) in [7, 11) is 0. The maximum Gasteiger partial charge on any atom is 0.257 e. The number of carbonyl (C=O) groups is 1. The van der Waals surface area contributed by atoms with E-state index in [1.165, 1.54) is 0 Å². The van der Waals surface area contributed by atoms with Crippen LogP contribution in [0.4, 0.5) is 17.2 Å². The van der Waals surface area contributed by atoms with Crippen LogP contribution in [0.3, 0.4) is 0 Å². The smallest absolute Gasteiger partial charge is 0.257 e. The van der Waals surface area contributed by atoms with Crippen molar-refractivity contribution in [1.29, 1.82) is 0 Å². The second-order valence-electron chi connectivity index (χ2n) is 6.21. The SMILES string of the molecule is Cc1ccccc1C(=O)Nc1ccc(Nc2cccc3cccnc23)cn1. The van der Waals surface area contributed by atoms with E-state index in [2.05, 4.69) is 20.6 Å². The summed E-state index contributed by atoms with van der Waals surface area (Å²) in [4.78, 5) is 21.2. The molecular formula is C22H18N4O. The highest BCUT2D eigenvalue weighted by Gasteiger charge is 2.09. The molecule has 0 radical (unpaired) electrons. The summed E-state index contributed by atoms with van der Waals surface area (Å²) in [5.41, 5.74) is 4.20. The molecule has 0 unspecified atom stereocenters. The van der Waals surface area contributed by atoms with E-state index in [0.29, 0.717) is 11.4 Å². The number of para-hydroxylation sites is 1. The summed E-state index contributed by atoms with van der Waals surface area (Å²) >= 11 is 0. The maximum absolute atomic E-state index is 12.4. The summed E-state index contributed by atoms with van der Waals surface area (Å²) in [5.74, 6) is 0.337. The predicted octanol–water partition coefficient (Wildman–Crippen LogP) is 4.93. The number of fused-ring (bicyclic) bond motifs is 1. The molecule has 4 rings (SSSR count). The van der Waals surface area contributed by atoms with Crippen molar-refractivity contribution in [3.8, 4) is 0 Å². The molecule has 4 aromatic rings. The molecule has 0 aliphatic rings. The third-order valence-electron chi connectivity index (χ3n) is 4.31. The van der Waals surface area contributed by atoms with Gasteiger partial charge in [0, 0.05) is 17.1 Å². The van der Waals surface area contributed by atoms with Crippen LogP contribution in [0.1, 0.15) is 15.9 Å². The van der Waals surface area contributed by atoms with Gasteiger partial charge in [0.1, 0.15) is 5.82 Å². The number of pyridine rings is 2. The number of amides is 1. The molecule has 0 saturated carbocycles. The standard InChI is InChI=1S/C22H18N4O/c1-15-6-2-3-9-18(15)22(27)26-20-12-11-17(14-24-20)25-19-10-4-7-16-8-5-13-23-21(16)19/h2-14,25H,1H3,(H,24,26,27). The fourth-order valence-electron chi connectivity index (χ4n) is 2.91. The molecule has 0 spiro atoms. The van der Waals surface area contributed by atoms with E-state index in [-0.39, 0.29) is 5.91 Å². The topological polar surface area (TPSA) is 66.9 Å². The van der Waals surface area contributed by atoms with Crippen molar-refractivity contribution in [3.63, 3.8) is 0 Å². The summed E-state index contributed by atoms with van der Waals surface area (Å²) < 4.78 is 0. The van der Waals surface area contributed by atoms with Gasteiger partial charge in [-0.25, -0.2) is 4.98 Å². The Morgan fingerprint density at radius 3 is 2.56 bits per heavy atom. The van der Waals surface area contributed by atoms with Crippen LogP contribution in [-0.4, -0.2) is 15.9 Å². The van der Waals surface area contributed by atoms with Gasteiger partial charge in [-0.1, -0.05) is 36.4 Å². The Bertz CT molecular complexity index is 1100. The minimum Gasteiger partial charge on any atom is -0.352 e. The number of nitrogens with one attached hydrogen (secondary N) is 2. The van der Waals surface area contributed by atoms with Crippen molar-refractivity contribution in [2.45, 2.75) is 6.92 Å². The molecular weight excluding hydrogens is 336 g/mol. The predicted molar refractivity (Wildman–Crippen MR) is 108 cm³/mol. The summed E-state index contributed by atoms with van der Waals surface area (Å²) in [5, 5.41) is 7.23. The number of anilines is 3. The normalized spacial score (nSPS) is 10.6. The van der Waals surface area contributed by atoms with Crippen LogP contribution in [0.5, 0.6) is 0 Å². The average Bonchev–Trinajstić information content (AvgIpc) is 2.70. The number of benzene rings is 2. The van der Waals surface area contributed by atoms with Crippen LogP contribution >= 0.6 is 0 Å². The first-order chi connectivity index (χ1) is 13.2. The summed E-state index contributed by atoms with van der Waals surface area (Å²) in [6.07, 6.45) is 3.46. The van der Waals surface area contributed by atoms with Crippen molar-refractivity contribution >= 4 is 34.0 Å². The van der Waals surface area contributed by atoms with Gasteiger partial charge in [0.2, 0.25) is 0 Å². The van der Waals surface area contributed by atoms with Crippen LogP contribution in [0.25, 0.3) is 10.9 Å². The third kappa shape index (κ3) is 3.62. The lowest BCUT2D eigenvalue weighted by Crippen LogP contribution is -2.14. The Hall–Kier alpha value is -3.73. The number of aromatic nitrogens is 2. The number of carbonyl (C=O) groups excluding carboxylic acids is 1. The van der Waals surface area contributed by atoms with Crippen molar-refractivity contribution in [2.75, 3.05) is 10.6 Å². The van der Waals surface area contributed by atoms with Crippen molar-refractivity contribution in [3.05, 3.63) is 90.3 Å². The fourth-order valence-corrected chi connectivity index (χ4v) is 2.91. The molecule has 0 fully saturated rings. The first kappa shape index (κ1) is 16.7. The van der Waals surface area contributed by atoms with Gasteiger partial charge in [0.25, 0.3) is 5.91 Å². The van der Waals surface area contributed by atoms with E-state index in [0.717, 1.165) is 27.8 Å². The van der Waals surface area contributed by atoms with E-state index >= 15 is 0 Å². The maximum atomic E-state index is 12.4. The molecule has 2 aromatic heterocycles. The molecule has 2 aromatic carbocycles. The van der Waals surface area contributed by atoms with Gasteiger partial charge in [-0.05, 0) is 42.8 Å². The number of aryl methyl sites for hydroxylation is 1. The molecule has 1 amide bonds. The van der Waals surface area contributed by atoms with Crippen LogP contribution in [0.2, 0.25) is 0 Å². The number of rotatable bonds is 4. The lowest BCUT2D eigenvalue weighted by Gasteiger charge is -2.10. The first-order valence-corrected chi connectivity index (χ1v) is 8.64. The highest BCUT2D eigenvalue weighted by molar-refractivity contribution is 6.04. The van der Waals surface area contributed by atoms with Gasteiger partial charge in [-0.2, -0.15) is 0 Å². The van der Waals surface area contributed by atoms with E-state index in [9.17, 15) is 4.79 Å². The van der Waals surface area contributed by atoms with Crippen LogP contribution in [0.15, 0.2) is 79.1 Å². The molecule has 0 aliphatic heterocycles. The van der Waals surface area contributed by atoms with Gasteiger partial charge in [-0.15, -0.1) is 0 Å². The van der Waals surface area contributed by atoms with Gasteiger partial charge in [0.05, 0.1) is 23.1 Å². The van der Waals surface area contributed by atoms with Gasteiger partial charge < -0.3 is 10.6 Å². The summed E-state index contributed by atoms with van der Waals surface area (Å²) in [6, 6.07) is 21.0. The molecule has 0 bridgehead atoms. The van der Waals surface area contributed by atoms with E-state index in [4.69, 9.17) is 0 Å². The molecule has 5 heteroatoms. The van der Waals surface area contributed by atoms with E-state index < -0.39 is 0 Å². The molecule has 2 heterocycles. The van der Waals surface area contributed by atoms with Crippen molar-refractivity contribution < 1.29 is 4.79 Å². The average molecular weight is 354 g/mol. The minimum atomic E-state index is -0.167. The molecule has 27 heavy (non-hydrogen) atoms. The molecule has 0 saturated heterocycles. The fraction of sp³-hybridized carbons (Fsp3) is 0.0455. The second-order valence-corrected chi connectivity index (χ2v) is 6.21. The zero-order valence-electron chi connectivity index (χ0n) is 14.8. The van der Waals surface area contributed by atoms with Crippen molar-refractivity contribution in [1.82, 2.24) is 9.97 Å². The van der Waals surface area contributed by atoms with Gasteiger partial charge in [-0.3, -0.25) is 9.78 Å². The lowest BCUT2D eigenvalue weighted by molar-refractivity contribution is 0.102. The number of hydrogen-bond acceptors (Lipinski definition) is 4. The number of hydrogen-bond donors (Lipinski definition) is 2. The number of nitrogens with zero attached hydrogens (tertiary/aromatic N) is 2. The van der Waals surface area contributed by atoms with Crippen molar-refractivity contribution in [2.24, 2.45) is 0 Å². The zero-order valence-corrected chi connectivity index (χ0v) is 14.8. The third-order valence-corrected chi connectivity index (χ3v) is 4.31. The quantitative estimate of drug-likeness (QED) is 0.545. The highest BCUT2D eigenvalue weighted by Crippen LogP contribution is 2.24. The lowest BCUT2D eigenvalue weighted by atomic mass is 10.1. The monoisotopic (exact) mass is 354 g/mol. The zero-order chi connectivity index (χ0) is 18.6. The second kappa shape index (κ2) is 7.25. The molecule has 132 valence electrons. The van der Waals surface area contributed by atoms with Crippen LogP contribution in [0, 0.1) is 6.92 Å². The molecule has 0 atom stereocenters. The Morgan fingerprint density at radius 1 is 0.889 bits per heavy atom. The summed E-state index contributed by atoms with van der Waals surface area (Å²) in [6.45, 7) is 1.91. The Morgan fingerprint density at radius 2 is 1.74 bits per heavy atom. The largest absolute Gasteiger partial charge is 0.352 e. The first-order valence-electron chi connectivity index (χ1n) is 8.64. The Kier molecular flexibility index (Phi) is 4.49. The van der Waals surface area contributed by atoms with E-state index in [1.54, 1.807) is 24.5 Å². The Balaban J connectivity index is 1.51. The molecule has 2 N–H and O–H groups in total. The molecule has 5 nitrogen and oxygen atoms in total. The van der Waals surface area contributed by atoms with Gasteiger partial charge >= 0.3 is 0 Å². The van der Waals surface area contributed by atoms with Gasteiger partial charge in [0.15, 0.2) is 0 Å². The van der Waals surface area contributed by atoms with Crippen LogP contribution in [-0.2, 0) is 0 Å². The highest BCUT2D eigenvalue weighted by atomic mass is 16.1.